The van der Waals surface area contributed by atoms with Crippen LogP contribution in [0.2, 0.25) is 10.0 Å². The van der Waals surface area contributed by atoms with E-state index in [0.29, 0.717) is 92.7 Å². The van der Waals surface area contributed by atoms with Crippen LogP contribution in [0.5, 0.6) is 0 Å². The predicted molar refractivity (Wildman–Crippen MR) is 264 cm³/mol. The minimum absolute atomic E-state index is 0.0591. The summed E-state index contributed by atoms with van der Waals surface area (Å²) in [5.41, 5.74) is 0.128. The molecule has 3 saturated heterocycles. The second-order valence-electron chi connectivity index (χ2n) is 21.2. The molecule has 12 rings (SSSR count). The van der Waals surface area contributed by atoms with Gasteiger partial charge in [-0.25, -0.2) is 9.18 Å². The second-order valence-corrected chi connectivity index (χ2v) is 22.0. The molecule has 3 aromatic carbocycles. The third-order valence-electron chi connectivity index (χ3n) is 17.9. The highest BCUT2D eigenvalue weighted by molar-refractivity contribution is 6.31. The summed E-state index contributed by atoms with van der Waals surface area (Å²) in [6.45, 7) is 3.71. The van der Waals surface area contributed by atoms with Gasteiger partial charge in [0.05, 0.1) is 22.1 Å². The van der Waals surface area contributed by atoms with Crippen molar-refractivity contribution in [2.24, 2.45) is 18.4 Å². The Balaban J connectivity index is 0.795. The maximum Gasteiger partial charge on any atom is 0.329 e. The van der Waals surface area contributed by atoms with Gasteiger partial charge in [-0.05, 0) is 125 Å². The summed E-state index contributed by atoms with van der Waals surface area (Å²) in [6.07, 6.45) is 9.89. The van der Waals surface area contributed by atoms with Gasteiger partial charge in [0.1, 0.15) is 17.3 Å². The monoisotopic (exact) mass is 989 g/mol. The predicted octanol–water partition coefficient (Wildman–Crippen LogP) is 7.64. The lowest BCUT2D eigenvalue weighted by atomic mass is 9.55. The number of halogens is 3. The van der Waals surface area contributed by atoms with Crippen LogP contribution in [-0.2, 0) is 36.4 Å². The molecule has 8 aliphatic rings. The highest BCUT2D eigenvalue weighted by Gasteiger charge is 2.75. The van der Waals surface area contributed by atoms with Gasteiger partial charge in [0.2, 0.25) is 29.5 Å². The van der Waals surface area contributed by atoms with Gasteiger partial charge in [0.25, 0.3) is 0 Å². The fraction of sp³-hybridized carbons (Fsp3) is 0.519. The van der Waals surface area contributed by atoms with Crippen molar-refractivity contribution >= 4 is 69.5 Å². The molecule has 4 aromatic rings. The number of anilines is 1. The van der Waals surface area contributed by atoms with Crippen LogP contribution in [0.25, 0.3) is 11.0 Å². The Morgan fingerprint density at radius 3 is 2.29 bits per heavy atom. The summed E-state index contributed by atoms with van der Waals surface area (Å²) in [5.74, 6) is 4.20. The number of hydrogen-bond donors (Lipinski definition) is 3. The van der Waals surface area contributed by atoms with Gasteiger partial charge < -0.3 is 15.5 Å². The summed E-state index contributed by atoms with van der Waals surface area (Å²) in [4.78, 5) is 87.0. The number of rotatable bonds is 6. The maximum atomic E-state index is 16.7. The first-order chi connectivity index (χ1) is 33.7. The van der Waals surface area contributed by atoms with Crippen molar-refractivity contribution in [3.05, 3.63) is 97.6 Å². The molecular formula is C54H58Cl2FN7O6. The SMILES string of the molecule is CCN1[C@@H](C(=O)NC23CCC(C(=O)N4CCC(C#Cc5ccc6c(c5)n(C)c(=O)n6C5CCC(=O)NC5=O)CC4)(CC2)CC3)[C@H](c2cccc(Cl)c2F)[C@]2(C(=O)Nc3cc(Cl)ccc32)C12CCCCC2. The summed E-state index contributed by atoms with van der Waals surface area (Å²) in [7, 11) is 1.66. The van der Waals surface area contributed by atoms with Crippen LogP contribution in [0.4, 0.5) is 10.1 Å². The quantitative estimate of drug-likeness (QED) is 0.133. The Labute approximate surface area is 416 Å². The van der Waals surface area contributed by atoms with Crippen molar-refractivity contribution in [3.63, 3.8) is 0 Å². The molecular weight excluding hydrogens is 933 g/mol. The van der Waals surface area contributed by atoms with Crippen LogP contribution in [0.15, 0.2) is 59.4 Å². The Morgan fingerprint density at radius 2 is 1.59 bits per heavy atom. The highest BCUT2D eigenvalue weighted by atomic mass is 35.5. The zero-order chi connectivity index (χ0) is 48.9. The molecule has 7 fully saturated rings. The van der Waals surface area contributed by atoms with Crippen molar-refractivity contribution < 1.29 is 28.4 Å². The summed E-state index contributed by atoms with van der Waals surface area (Å²) in [6, 6.07) is 14.2. The van der Waals surface area contributed by atoms with Crippen LogP contribution in [0, 0.1) is 29.0 Å². The van der Waals surface area contributed by atoms with Gasteiger partial charge in [0.15, 0.2) is 0 Å². The second kappa shape index (κ2) is 17.4. The number of aryl methyl sites for hydroxylation is 1. The highest BCUT2D eigenvalue weighted by Crippen LogP contribution is 2.67. The number of likely N-dealkylation sites (N-methyl/N-ethyl adjacent to an activating group) is 1. The minimum atomic E-state index is -1.31. The third kappa shape index (κ3) is 7.02. The Kier molecular flexibility index (Phi) is 11.6. The van der Waals surface area contributed by atoms with Crippen molar-refractivity contribution in [1.82, 2.24) is 29.6 Å². The zero-order valence-electron chi connectivity index (χ0n) is 39.6. The van der Waals surface area contributed by atoms with Crippen molar-refractivity contribution in [2.75, 3.05) is 25.0 Å². The molecule has 1 aromatic heterocycles. The molecule has 70 heavy (non-hydrogen) atoms. The average Bonchev–Trinajstić information content (AvgIpc) is 3.89. The molecule has 0 radical (unpaired) electrons. The molecule has 16 heteroatoms. The van der Waals surface area contributed by atoms with E-state index in [9.17, 15) is 19.2 Å². The van der Waals surface area contributed by atoms with Crippen LogP contribution < -0.4 is 21.6 Å². The third-order valence-corrected chi connectivity index (χ3v) is 18.5. The van der Waals surface area contributed by atoms with E-state index in [1.54, 1.807) is 37.4 Å². The molecule has 3 N–H and O–H groups in total. The number of benzene rings is 3. The van der Waals surface area contributed by atoms with E-state index in [1.807, 2.05) is 30.0 Å². The lowest BCUT2D eigenvalue weighted by Crippen LogP contribution is -2.64. The molecule has 1 unspecified atom stereocenters. The molecule has 4 aliphatic carbocycles. The fourth-order valence-corrected chi connectivity index (χ4v) is 14.9. The number of imidazole rings is 1. The molecule has 2 bridgehead atoms. The number of aromatic nitrogens is 2. The van der Waals surface area contributed by atoms with E-state index >= 15 is 14.0 Å². The smallest absolute Gasteiger partial charge is 0.329 e. The number of amides is 5. The van der Waals surface area contributed by atoms with Gasteiger partial charge in [-0.3, -0.25) is 43.3 Å². The minimum Gasteiger partial charge on any atom is -0.349 e. The molecule has 4 aliphatic heterocycles. The van der Waals surface area contributed by atoms with Crippen molar-refractivity contribution in [2.45, 2.75) is 138 Å². The van der Waals surface area contributed by atoms with E-state index in [4.69, 9.17) is 23.2 Å². The van der Waals surface area contributed by atoms with Gasteiger partial charge in [0, 0.05) is 71.2 Å². The van der Waals surface area contributed by atoms with E-state index in [1.165, 1.54) is 15.2 Å². The first-order valence-electron chi connectivity index (χ1n) is 25.2. The molecule has 5 heterocycles. The van der Waals surface area contributed by atoms with E-state index in [2.05, 4.69) is 32.7 Å². The number of carbonyl (C=O) groups excluding carboxylic acids is 5. The first-order valence-corrected chi connectivity index (χ1v) is 25.9. The fourth-order valence-electron chi connectivity index (χ4n) is 14.5. The van der Waals surface area contributed by atoms with E-state index in [-0.39, 0.29) is 58.7 Å². The molecule has 4 saturated carbocycles. The molecule has 4 atom stereocenters. The standard InChI is InChI=1S/C54H58Cl2FN7O6/c1-3-63-45(43(35-8-7-9-37(56)44(35)57)54(53(63)20-5-4-6-21-53)36-14-13-34(55)31-38(36)58-48(54)68)47(67)60-52-25-22-51(23-26-52,24-27-52)49(69)62-28-18-32(19-29-62)10-11-33-12-15-39-41(30-33)61(2)50(70)64(39)40-16-17-42(65)59-46(40)66/h7-9,12-15,30-32,40,43,45H,3-6,16-29H2,1-2H3,(H,58,68)(H,60,67)(H,59,65,66)/t40?,43-,45+,51?,52?,54+/m0/s1. The number of hydrogen-bond acceptors (Lipinski definition) is 7. The lowest BCUT2D eigenvalue weighted by Gasteiger charge is -2.54. The molecule has 5 amide bonds. The Hall–Kier alpha value is -5.49. The normalized spacial score (nSPS) is 29.5. The molecule has 2 spiro atoms. The van der Waals surface area contributed by atoms with Crippen LogP contribution in [0.1, 0.15) is 132 Å². The number of carbonyl (C=O) groups is 5. The molecule has 366 valence electrons. The summed E-state index contributed by atoms with van der Waals surface area (Å²) < 4.78 is 19.7. The van der Waals surface area contributed by atoms with Gasteiger partial charge in [-0.15, -0.1) is 0 Å². The van der Waals surface area contributed by atoms with Gasteiger partial charge in [-0.2, -0.15) is 0 Å². The van der Waals surface area contributed by atoms with E-state index in [0.717, 1.165) is 43.2 Å². The summed E-state index contributed by atoms with van der Waals surface area (Å²) in [5, 5.41) is 9.48. The number of imide groups is 1. The first kappa shape index (κ1) is 46.9. The Bertz CT molecular complexity index is 2990. The maximum absolute atomic E-state index is 16.7. The number of piperidine rings is 2. The van der Waals surface area contributed by atoms with Crippen LogP contribution >= 0.6 is 23.2 Å². The average molecular weight is 991 g/mol. The van der Waals surface area contributed by atoms with Crippen LogP contribution in [0.3, 0.4) is 0 Å². The van der Waals surface area contributed by atoms with Crippen molar-refractivity contribution in [1.29, 1.82) is 0 Å². The van der Waals surface area contributed by atoms with Crippen molar-refractivity contribution in [3.8, 4) is 11.8 Å². The number of nitrogens with one attached hydrogen (secondary N) is 3. The number of fused-ring (bicyclic) bond motifs is 7. The molecule has 13 nitrogen and oxygen atoms in total. The Morgan fingerprint density at radius 1 is 0.857 bits per heavy atom. The number of likely N-dealkylation sites (tertiary alicyclic amines) is 2. The zero-order valence-corrected chi connectivity index (χ0v) is 41.1. The lowest BCUT2D eigenvalue weighted by molar-refractivity contribution is -0.152. The summed E-state index contributed by atoms with van der Waals surface area (Å²) >= 11 is 13.1. The number of nitrogens with zero attached hydrogens (tertiary/aromatic N) is 4. The topological polar surface area (TPSA) is 155 Å². The van der Waals surface area contributed by atoms with Gasteiger partial charge in [-0.1, -0.05) is 79.4 Å². The van der Waals surface area contributed by atoms with E-state index < -0.39 is 51.6 Å². The van der Waals surface area contributed by atoms with Crippen LogP contribution in [-0.4, -0.2) is 85.2 Å². The van der Waals surface area contributed by atoms with Gasteiger partial charge >= 0.3 is 5.69 Å². The largest absolute Gasteiger partial charge is 0.349 e.